The molecule has 8 nitrogen and oxygen atoms in total. The molecule has 3 aliphatic rings. The zero-order valence-corrected chi connectivity index (χ0v) is 21.4. The number of aromatic nitrogens is 3. The lowest BCUT2D eigenvalue weighted by Gasteiger charge is -2.35. The number of amides is 1. The molecule has 0 bridgehead atoms. The van der Waals surface area contributed by atoms with Gasteiger partial charge in [-0.05, 0) is 43.9 Å². The van der Waals surface area contributed by atoms with Crippen molar-refractivity contribution in [2.45, 2.75) is 45.1 Å². The first-order valence-electron chi connectivity index (χ1n) is 13.5. The van der Waals surface area contributed by atoms with E-state index < -0.39 is 0 Å². The molecule has 1 aromatic carbocycles. The Hall–Kier alpha value is -3.65. The van der Waals surface area contributed by atoms with Gasteiger partial charge in [0.2, 0.25) is 0 Å². The average Bonchev–Trinajstić information content (AvgIpc) is 3.26. The molecular weight excluding hydrogens is 464 g/mol. The Kier molecular flexibility index (Phi) is 6.66. The third kappa shape index (κ3) is 4.73. The standard InChI is InChI=1S/C29H34N6O2/c1-2-37-29(36)34-16-7-6-13-24(34)28-27(23-11-8-12-23)30-25-14-15-26(31-35(25)28)33-19-17-32(18-20-33)21-22-9-4-3-5-10-22/h3-5,7,9-10,13-16,23H,2,6,8,11-12,17-21H2,1H3. The van der Waals surface area contributed by atoms with Crippen LogP contribution >= 0.6 is 0 Å². The van der Waals surface area contributed by atoms with Gasteiger partial charge in [0.15, 0.2) is 5.65 Å². The zero-order valence-electron chi connectivity index (χ0n) is 21.4. The molecule has 8 heteroatoms. The molecule has 1 saturated heterocycles. The molecule has 0 N–H and O–H groups in total. The predicted octanol–water partition coefficient (Wildman–Crippen LogP) is 5.04. The number of carbonyl (C=O) groups excluding carboxylic acids is 1. The second-order valence-corrected chi connectivity index (χ2v) is 9.96. The van der Waals surface area contributed by atoms with Crippen LogP contribution in [0.1, 0.15) is 55.5 Å². The lowest BCUT2D eigenvalue weighted by Crippen LogP contribution is -2.46. The number of hydrogen-bond donors (Lipinski definition) is 0. The van der Waals surface area contributed by atoms with Crippen molar-refractivity contribution < 1.29 is 9.53 Å². The van der Waals surface area contributed by atoms with Gasteiger partial charge in [-0.3, -0.25) is 9.80 Å². The van der Waals surface area contributed by atoms with Gasteiger partial charge in [-0.15, -0.1) is 5.10 Å². The number of fused-ring (bicyclic) bond motifs is 1. The van der Waals surface area contributed by atoms with Gasteiger partial charge in [0, 0.05) is 44.8 Å². The van der Waals surface area contributed by atoms with E-state index in [0.29, 0.717) is 12.5 Å². The smallest absolute Gasteiger partial charge is 0.418 e. The van der Waals surface area contributed by atoms with E-state index in [1.54, 1.807) is 4.90 Å². The van der Waals surface area contributed by atoms with Crippen molar-refractivity contribution in [2.75, 3.05) is 37.7 Å². The van der Waals surface area contributed by atoms with Crippen LogP contribution in [0, 0.1) is 0 Å². The van der Waals surface area contributed by atoms with Crippen LogP contribution in [0.2, 0.25) is 0 Å². The van der Waals surface area contributed by atoms with Crippen molar-refractivity contribution in [2.24, 2.45) is 0 Å². The van der Waals surface area contributed by atoms with E-state index in [9.17, 15) is 4.79 Å². The van der Waals surface area contributed by atoms with E-state index in [-0.39, 0.29) is 6.09 Å². The number of nitrogens with zero attached hydrogens (tertiary/aromatic N) is 6. The summed E-state index contributed by atoms with van der Waals surface area (Å²) in [5.74, 6) is 1.35. The van der Waals surface area contributed by atoms with Crippen LogP contribution in [0.3, 0.4) is 0 Å². The van der Waals surface area contributed by atoms with Crippen LogP contribution in [-0.4, -0.2) is 63.3 Å². The molecule has 1 saturated carbocycles. The van der Waals surface area contributed by atoms with Crippen molar-refractivity contribution in [1.29, 1.82) is 0 Å². The highest BCUT2D eigenvalue weighted by atomic mass is 16.6. The fourth-order valence-electron chi connectivity index (χ4n) is 5.38. The number of rotatable bonds is 6. The minimum Gasteiger partial charge on any atom is -0.449 e. The molecule has 0 unspecified atom stereocenters. The van der Waals surface area contributed by atoms with E-state index in [1.807, 2.05) is 23.7 Å². The third-order valence-corrected chi connectivity index (χ3v) is 7.60. The molecular formula is C29H34N6O2. The van der Waals surface area contributed by atoms with Crippen molar-refractivity contribution >= 4 is 23.3 Å². The number of benzene rings is 1. The SMILES string of the molecule is CCOC(=O)N1C=CCC=C1c1c(C2CCC2)nc2ccc(N3CCN(Cc4ccccc4)CC3)nn12. The summed E-state index contributed by atoms with van der Waals surface area (Å²) in [6.45, 7) is 6.96. The fraction of sp³-hybridized carbons (Fsp3) is 0.414. The topological polar surface area (TPSA) is 66.2 Å². The van der Waals surface area contributed by atoms with Gasteiger partial charge in [-0.25, -0.2) is 14.3 Å². The normalized spacial score (nSPS) is 18.7. The Balaban J connectivity index is 1.29. The Morgan fingerprint density at radius 2 is 1.86 bits per heavy atom. The molecule has 3 aromatic rings. The maximum Gasteiger partial charge on any atom is 0.418 e. The Morgan fingerprint density at radius 3 is 2.59 bits per heavy atom. The van der Waals surface area contributed by atoms with Crippen LogP contribution in [0.25, 0.3) is 11.3 Å². The Morgan fingerprint density at radius 1 is 1.05 bits per heavy atom. The molecule has 2 aliphatic heterocycles. The Labute approximate surface area is 217 Å². The molecule has 2 fully saturated rings. The van der Waals surface area contributed by atoms with E-state index in [1.165, 1.54) is 12.0 Å². The molecule has 37 heavy (non-hydrogen) atoms. The molecule has 4 heterocycles. The minimum absolute atomic E-state index is 0.331. The predicted molar refractivity (Wildman–Crippen MR) is 144 cm³/mol. The van der Waals surface area contributed by atoms with Crippen LogP contribution < -0.4 is 4.90 Å². The average molecular weight is 499 g/mol. The molecule has 0 radical (unpaired) electrons. The van der Waals surface area contributed by atoms with E-state index in [0.717, 1.165) is 80.5 Å². The quantitative estimate of drug-likeness (QED) is 0.475. The highest BCUT2D eigenvalue weighted by Crippen LogP contribution is 2.41. The number of imidazole rings is 1. The minimum atomic E-state index is -0.370. The summed E-state index contributed by atoms with van der Waals surface area (Å²) >= 11 is 0. The first kappa shape index (κ1) is 23.7. The number of allylic oxidation sites excluding steroid dienone is 2. The maximum atomic E-state index is 12.8. The number of piperazine rings is 1. The maximum absolute atomic E-state index is 12.8. The molecule has 1 aliphatic carbocycles. The van der Waals surface area contributed by atoms with Gasteiger partial charge in [0.25, 0.3) is 0 Å². The first-order valence-corrected chi connectivity index (χ1v) is 13.5. The summed E-state index contributed by atoms with van der Waals surface area (Å²) in [6, 6.07) is 14.8. The van der Waals surface area contributed by atoms with E-state index in [4.69, 9.17) is 14.8 Å². The van der Waals surface area contributed by atoms with Gasteiger partial charge in [-0.2, -0.15) is 0 Å². The molecule has 0 spiro atoms. The second-order valence-electron chi connectivity index (χ2n) is 9.96. The molecule has 192 valence electrons. The van der Waals surface area contributed by atoms with E-state index >= 15 is 0 Å². The van der Waals surface area contributed by atoms with Crippen molar-refractivity contribution in [3.8, 4) is 0 Å². The molecule has 1 amide bonds. The van der Waals surface area contributed by atoms with Crippen LogP contribution in [0.5, 0.6) is 0 Å². The zero-order chi connectivity index (χ0) is 25.2. The lowest BCUT2D eigenvalue weighted by molar-refractivity contribution is 0.135. The van der Waals surface area contributed by atoms with Gasteiger partial charge in [0.05, 0.1) is 18.0 Å². The van der Waals surface area contributed by atoms with Gasteiger partial charge < -0.3 is 9.64 Å². The van der Waals surface area contributed by atoms with Crippen LogP contribution in [0.15, 0.2) is 60.8 Å². The largest absolute Gasteiger partial charge is 0.449 e. The monoisotopic (exact) mass is 498 g/mol. The highest BCUT2D eigenvalue weighted by molar-refractivity contribution is 5.84. The van der Waals surface area contributed by atoms with E-state index in [2.05, 4.69) is 58.3 Å². The summed E-state index contributed by atoms with van der Waals surface area (Å²) < 4.78 is 7.32. The van der Waals surface area contributed by atoms with Gasteiger partial charge >= 0.3 is 6.09 Å². The molecule has 6 rings (SSSR count). The number of carbonyl (C=O) groups is 1. The summed E-state index contributed by atoms with van der Waals surface area (Å²) in [5.41, 5.74) is 4.94. The van der Waals surface area contributed by atoms with Gasteiger partial charge in [-0.1, -0.05) is 48.9 Å². The van der Waals surface area contributed by atoms with Crippen molar-refractivity contribution in [3.63, 3.8) is 0 Å². The number of ether oxygens (including phenoxy) is 1. The van der Waals surface area contributed by atoms with Gasteiger partial charge in [0.1, 0.15) is 11.5 Å². The summed E-state index contributed by atoms with van der Waals surface area (Å²) in [4.78, 5) is 24.3. The second kappa shape index (κ2) is 10.4. The molecule has 2 aromatic heterocycles. The van der Waals surface area contributed by atoms with Crippen LogP contribution in [0.4, 0.5) is 10.6 Å². The number of hydrogen-bond acceptors (Lipinski definition) is 6. The third-order valence-electron chi connectivity index (χ3n) is 7.60. The summed E-state index contributed by atoms with van der Waals surface area (Å²) in [5, 5.41) is 5.10. The van der Waals surface area contributed by atoms with Crippen LogP contribution in [-0.2, 0) is 11.3 Å². The molecule has 0 atom stereocenters. The Bertz CT molecular complexity index is 1320. The van der Waals surface area contributed by atoms with Crippen molar-refractivity contribution in [3.05, 3.63) is 77.8 Å². The highest BCUT2D eigenvalue weighted by Gasteiger charge is 2.32. The lowest BCUT2D eigenvalue weighted by atomic mass is 9.81. The summed E-state index contributed by atoms with van der Waals surface area (Å²) in [7, 11) is 0. The van der Waals surface area contributed by atoms with Crippen molar-refractivity contribution in [1.82, 2.24) is 24.4 Å². The first-order chi connectivity index (χ1) is 18.2. The fourth-order valence-corrected chi connectivity index (χ4v) is 5.38. The summed E-state index contributed by atoms with van der Waals surface area (Å²) in [6.07, 6.45) is 9.71. The number of anilines is 1.